The summed E-state index contributed by atoms with van der Waals surface area (Å²) in [5, 5.41) is 8.57. The van der Waals surface area contributed by atoms with Crippen LogP contribution < -0.4 is 0 Å². The predicted molar refractivity (Wildman–Crippen MR) is 98.0 cm³/mol. The van der Waals surface area contributed by atoms with Crippen molar-refractivity contribution in [3.05, 3.63) is 0 Å². The number of hydrogen-bond acceptors (Lipinski definition) is 2. The van der Waals surface area contributed by atoms with E-state index in [0.29, 0.717) is 12.5 Å². The van der Waals surface area contributed by atoms with Crippen LogP contribution in [0.15, 0.2) is 0 Å². The molecule has 0 saturated carbocycles. The van der Waals surface area contributed by atoms with Crippen molar-refractivity contribution < 1.29 is 14.6 Å². The fourth-order valence-corrected chi connectivity index (χ4v) is 3.05. The minimum absolute atomic E-state index is 0.328. The minimum Gasteiger partial charge on any atom is -0.481 e. The summed E-state index contributed by atoms with van der Waals surface area (Å²) in [5.74, 6) is -0.665. The van der Waals surface area contributed by atoms with Crippen LogP contribution in [0.25, 0.3) is 0 Å². The van der Waals surface area contributed by atoms with E-state index in [0.717, 1.165) is 19.4 Å². The molecule has 1 N–H and O–H groups in total. The molecule has 0 aliphatic rings. The zero-order valence-electron chi connectivity index (χ0n) is 15.7. The first-order valence-corrected chi connectivity index (χ1v) is 10.0. The first-order chi connectivity index (χ1) is 11.2. The van der Waals surface area contributed by atoms with Crippen LogP contribution in [-0.2, 0) is 9.53 Å². The van der Waals surface area contributed by atoms with Crippen LogP contribution in [0, 0.1) is 0 Å². The molecule has 0 radical (unpaired) electrons. The maximum absolute atomic E-state index is 10.4. The van der Waals surface area contributed by atoms with Gasteiger partial charge in [-0.25, -0.2) is 0 Å². The van der Waals surface area contributed by atoms with Crippen molar-refractivity contribution in [3.63, 3.8) is 0 Å². The van der Waals surface area contributed by atoms with Gasteiger partial charge in [-0.1, -0.05) is 77.6 Å². The van der Waals surface area contributed by atoms with Crippen LogP contribution in [0.3, 0.4) is 0 Å². The lowest BCUT2D eigenvalue weighted by atomic mass is 10.0. The summed E-state index contributed by atoms with van der Waals surface area (Å²) in [4.78, 5) is 10.4. The van der Waals surface area contributed by atoms with Crippen LogP contribution in [-0.4, -0.2) is 23.8 Å². The van der Waals surface area contributed by atoms with Crippen molar-refractivity contribution in [2.75, 3.05) is 6.61 Å². The molecule has 3 nitrogen and oxygen atoms in total. The van der Waals surface area contributed by atoms with Gasteiger partial charge in [0.2, 0.25) is 0 Å². The van der Waals surface area contributed by atoms with Gasteiger partial charge in [-0.2, -0.15) is 0 Å². The predicted octanol–water partition coefficient (Wildman–Crippen LogP) is 6.35. The average molecular weight is 329 g/mol. The number of hydrogen-bond donors (Lipinski definition) is 1. The summed E-state index contributed by atoms with van der Waals surface area (Å²) in [6.07, 6.45) is 18.1. The highest BCUT2D eigenvalue weighted by Crippen LogP contribution is 2.16. The quantitative estimate of drug-likeness (QED) is 0.298. The Morgan fingerprint density at radius 3 is 1.74 bits per heavy atom. The lowest BCUT2D eigenvalue weighted by Crippen LogP contribution is -2.12. The summed E-state index contributed by atoms with van der Waals surface area (Å²) in [6, 6.07) is 0. The van der Waals surface area contributed by atoms with E-state index in [9.17, 15) is 4.79 Å². The van der Waals surface area contributed by atoms with Gasteiger partial charge in [-0.3, -0.25) is 4.79 Å². The number of rotatable bonds is 18. The van der Waals surface area contributed by atoms with Gasteiger partial charge in [-0.05, 0) is 26.2 Å². The van der Waals surface area contributed by atoms with Gasteiger partial charge in [-0.15, -0.1) is 0 Å². The molecule has 0 aliphatic heterocycles. The maximum Gasteiger partial charge on any atom is 0.303 e. The zero-order valence-corrected chi connectivity index (χ0v) is 15.7. The smallest absolute Gasteiger partial charge is 0.303 e. The molecule has 0 fully saturated rings. The molecule has 0 amide bonds. The normalized spacial score (nSPS) is 12.4. The summed E-state index contributed by atoms with van der Waals surface area (Å²) < 4.78 is 5.87. The highest BCUT2D eigenvalue weighted by molar-refractivity contribution is 5.66. The molecule has 0 bridgehead atoms. The van der Waals surface area contributed by atoms with Crippen molar-refractivity contribution in [1.82, 2.24) is 0 Å². The van der Waals surface area contributed by atoms with Crippen LogP contribution in [0.5, 0.6) is 0 Å². The Morgan fingerprint density at radius 2 is 1.26 bits per heavy atom. The standard InChI is InChI=1S/C20H40O3/c1-3-5-6-10-13-16-19(23-4-2)17-14-11-8-7-9-12-15-18-20(21)22/h19H,3-18H2,1-2H3,(H,21,22). The molecule has 138 valence electrons. The third kappa shape index (κ3) is 17.6. The molecule has 3 heteroatoms. The molecule has 23 heavy (non-hydrogen) atoms. The molecule has 0 aromatic carbocycles. The number of ether oxygens (including phenoxy) is 1. The van der Waals surface area contributed by atoms with Gasteiger partial charge in [0.15, 0.2) is 0 Å². The van der Waals surface area contributed by atoms with E-state index in [4.69, 9.17) is 9.84 Å². The van der Waals surface area contributed by atoms with E-state index in [2.05, 4.69) is 13.8 Å². The largest absolute Gasteiger partial charge is 0.481 e. The van der Waals surface area contributed by atoms with Crippen molar-refractivity contribution in [2.45, 2.75) is 116 Å². The molecule has 0 heterocycles. The minimum atomic E-state index is -0.665. The Labute approximate surface area is 144 Å². The molecule has 0 spiro atoms. The number of carboxylic acid groups (broad SMARTS) is 1. The first kappa shape index (κ1) is 22.4. The number of carbonyl (C=O) groups is 1. The lowest BCUT2D eigenvalue weighted by molar-refractivity contribution is -0.137. The molecule has 1 unspecified atom stereocenters. The number of unbranched alkanes of at least 4 members (excludes halogenated alkanes) is 10. The van der Waals surface area contributed by atoms with E-state index in [1.165, 1.54) is 77.0 Å². The highest BCUT2D eigenvalue weighted by atomic mass is 16.5. The van der Waals surface area contributed by atoms with Gasteiger partial charge in [0.25, 0.3) is 0 Å². The summed E-state index contributed by atoms with van der Waals surface area (Å²) in [7, 11) is 0. The van der Waals surface area contributed by atoms with Crippen LogP contribution in [0.2, 0.25) is 0 Å². The lowest BCUT2D eigenvalue weighted by Gasteiger charge is -2.17. The molecule has 0 aromatic heterocycles. The van der Waals surface area contributed by atoms with Gasteiger partial charge < -0.3 is 9.84 Å². The average Bonchev–Trinajstić information content (AvgIpc) is 2.52. The molecule has 0 rings (SSSR count). The highest BCUT2D eigenvalue weighted by Gasteiger charge is 2.07. The van der Waals surface area contributed by atoms with Gasteiger partial charge in [0.05, 0.1) is 6.10 Å². The summed E-state index contributed by atoms with van der Waals surface area (Å²) in [5.41, 5.74) is 0. The SMILES string of the molecule is CCCCCCCC(CCCCCCCCCC(=O)O)OCC. The Morgan fingerprint density at radius 1 is 0.783 bits per heavy atom. The van der Waals surface area contributed by atoms with Crippen molar-refractivity contribution in [1.29, 1.82) is 0 Å². The van der Waals surface area contributed by atoms with E-state index < -0.39 is 5.97 Å². The topological polar surface area (TPSA) is 46.5 Å². The molecule has 0 aromatic rings. The molecular weight excluding hydrogens is 288 g/mol. The summed E-state index contributed by atoms with van der Waals surface area (Å²) in [6.45, 7) is 5.19. The van der Waals surface area contributed by atoms with Crippen LogP contribution in [0.4, 0.5) is 0 Å². The van der Waals surface area contributed by atoms with Crippen molar-refractivity contribution >= 4 is 5.97 Å². The van der Waals surface area contributed by atoms with Crippen molar-refractivity contribution in [3.8, 4) is 0 Å². The van der Waals surface area contributed by atoms with E-state index in [1.54, 1.807) is 0 Å². The zero-order chi connectivity index (χ0) is 17.2. The number of carboxylic acids is 1. The maximum atomic E-state index is 10.4. The Bertz CT molecular complexity index is 253. The Balaban J connectivity index is 3.43. The number of aliphatic carboxylic acids is 1. The molecule has 1 atom stereocenters. The Kier molecular flexibility index (Phi) is 17.3. The summed E-state index contributed by atoms with van der Waals surface area (Å²) >= 11 is 0. The fourth-order valence-electron chi connectivity index (χ4n) is 3.05. The Hall–Kier alpha value is -0.570. The first-order valence-electron chi connectivity index (χ1n) is 10.0. The van der Waals surface area contributed by atoms with E-state index >= 15 is 0 Å². The monoisotopic (exact) mass is 328 g/mol. The fraction of sp³-hybridized carbons (Fsp3) is 0.950. The van der Waals surface area contributed by atoms with Crippen molar-refractivity contribution in [2.24, 2.45) is 0 Å². The second-order valence-electron chi connectivity index (χ2n) is 6.69. The molecule has 0 aliphatic carbocycles. The van der Waals surface area contributed by atoms with Gasteiger partial charge in [0.1, 0.15) is 0 Å². The third-order valence-electron chi connectivity index (χ3n) is 4.45. The molecule has 0 saturated heterocycles. The second kappa shape index (κ2) is 17.8. The second-order valence-corrected chi connectivity index (χ2v) is 6.69. The third-order valence-corrected chi connectivity index (χ3v) is 4.45. The van der Waals surface area contributed by atoms with E-state index in [-0.39, 0.29) is 0 Å². The van der Waals surface area contributed by atoms with Gasteiger partial charge >= 0.3 is 5.97 Å². The van der Waals surface area contributed by atoms with E-state index in [1.807, 2.05) is 0 Å². The molecular formula is C20H40O3. The van der Waals surface area contributed by atoms with Gasteiger partial charge in [0, 0.05) is 13.0 Å². The van der Waals surface area contributed by atoms with Crippen LogP contribution in [0.1, 0.15) is 110 Å². The van der Waals surface area contributed by atoms with Crippen LogP contribution >= 0.6 is 0 Å².